The van der Waals surface area contributed by atoms with Gasteiger partial charge in [-0.05, 0) is 36.6 Å². The molecule has 1 saturated heterocycles. The molecule has 152 valence electrons. The highest BCUT2D eigenvalue weighted by molar-refractivity contribution is 5.95. The second-order valence-electron chi connectivity index (χ2n) is 7.46. The highest BCUT2D eigenvalue weighted by atomic mass is 19.3. The molecule has 1 heterocycles. The number of alkyl halides is 2. The van der Waals surface area contributed by atoms with Gasteiger partial charge in [0.1, 0.15) is 6.61 Å². The van der Waals surface area contributed by atoms with E-state index < -0.39 is 12.5 Å². The first-order valence-corrected chi connectivity index (χ1v) is 9.72. The van der Waals surface area contributed by atoms with Crippen LogP contribution in [0, 0.1) is 5.92 Å². The average molecular weight is 392 g/mol. The molecule has 1 saturated carbocycles. The number of hydrogen-bond donors (Lipinski definition) is 1. The van der Waals surface area contributed by atoms with Crippen molar-refractivity contribution < 1.29 is 23.5 Å². The first kappa shape index (κ1) is 20.5. The van der Waals surface area contributed by atoms with Crippen LogP contribution in [0.1, 0.15) is 31.2 Å². The zero-order valence-electron chi connectivity index (χ0n) is 15.8. The quantitative estimate of drug-likeness (QED) is 0.783. The Hall–Kier alpha value is -2.28. The first-order valence-electron chi connectivity index (χ1n) is 9.72. The predicted molar refractivity (Wildman–Crippen MR) is 103 cm³/mol. The molecule has 0 unspecified atom stereocenters. The van der Waals surface area contributed by atoms with Gasteiger partial charge in [0.05, 0.1) is 0 Å². The largest absolute Gasteiger partial charge is 0.388 e. The van der Waals surface area contributed by atoms with Crippen LogP contribution in [0.4, 0.5) is 14.5 Å². The lowest BCUT2D eigenvalue weighted by Gasteiger charge is -2.39. The first-order chi connectivity index (χ1) is 13.4. The van der Waals surface area contributed by atoms with E-state index in [0.29, 0.717) is 26.2 Å². The molecule has 0 atom stereocenters. The zero-order chi connectivity index (χ0) is 20.1. The number of benzene rings is 1. The van der Waals surface area contributed by atoms with Gasteiger partial charge in [-0.1, -0.05) is 18.2 Å². The van der Waals surface area contributed by atoms with Crippen LogP contribution >= 0.6 is 0 Å². The standard InChI is InChI=1S/C21H26F2N2O3/c22-21(23)9-7-17(8-10-21)20(28)25-13-11-24(12-14-25)19-4-2-1-3-16(19)5-6-18(27)15-26/h1-6,17,26H,7-15H2/b6-5+. The van der Waals surface area contributed by atoms with Crippen LogP contribution < -0.4 is 4.90 Å². The van der Waals surface area contributed by atoms with E-state index in [1.165, 1.54) is 6.08 Å². The normalized spacial score (nSPS) is 20.5. The third kappa shape index (κ3) is 4.95. The number of amides is 1. The second-order valence-corrected chi connectivity index (χ2v) is 7.46. The molecular weight excluding hydrogens is 366 g/mol. The van der Waals surface area contributed by atoms with Crippen molar-refractivity contribution in [1.82, 2.24) is 4.90 Å². The number of para-hydroxylation sites is 1. The van der Waals surface area contributed by atoms with Crippen LogP contribution in [-0.2, 0) is 9.59 Å². The minimum absolute atomic E-state index is 0.00289. The second kappa shape index (κ2) is 8.82. The number of rotatable bonds is 5. The number of piperazine rings is 1. The smallest absolute Gasteiger partial charge is 0.248 e. The van der Waals surface area contributed by atoms with E-state index >= 15 is 0 Å². The van der Waals surface area contributed by atoms with Crippen LogP contribution in [0.2, 0.25) is 0 Å². The van der Waals surface area contributed by atoms with Crippen molar-refractivity contribution in [3.63, 3.8) is 0 Å². The van der Waals surface area contributed by atoms with Crippen molar-refractivity contribution in [3.05, 3.63) is 35.9 Å². The molecule has 1 aromatic carbocycles. The summed E-state index contributed by atoms with van der Waals surface area (Å²) in [6.07, 6.45) is 3.17. The third-order valence-electron chi connectivity index (χ3n) is 5.54. The number of aliphatic hydroxyl groups is 1. The molecule has 1 aromatic rings. The summed E-state index contributed by atoms with van der Waals surface area (Å²) in [4.78, 5) is 28.0. The van der Waals surface area contributed by atoms with Crippen LogP contribution in [0.3, 0.4) is 0 Å². The van der Waals surface area contributed by atoms with Crippen molar-refractivity contribution >= 4 is 23.5 Å². The maximum Gasteiger partial charge on any atom is 0.248 e. The number of hydrogen-bond acceptors (Lipinski definition) is 4. The van der Waals surface area contributed by atoms with Gasteiger partial charge in [-0.2, -0.15) is 0 Å². The number of nitrogens with zero attached hydrogens (tertiary/aromatic N) is 2. The van der Waals surface area contributed by atoms with Gasteiger partial charge in [0.15, 0.2) is 5.78 Å². The number of halogens is 2. The molecule has 0 aromatic heterocycles. The van der Waals surface area contributed by atoms with Gasteiger partial charge in [0.2, 0.25) is 11.8 Å². The summed E-state index contributed by atoms with van der Waals surface area (Å²) in [5, 5.41) is 8.86. The molecule has 2 fully saturated rings. The van der Waals surface area contributed by atoms with E-state index in [1.807, 2.05) is 24.3 Å². The summed E-state index contributed by atoms with van der Waals surface area (Å²) in [6.45, 7) is 1.88. The molecule has 7 heteroatoms. The van der Waals surface area contributed by atoms with Gasteiger partial charge in [-0.3, -0.25) is 9.59 Å². The predicted octanol–water partition coefficient (Wildman–Crippen LogP) is 2.74. The van der Waals surface area contributed by atoms with Crippen molar-refractivity contribution in [1.29, 1.82) is 0 Å². The zero-order valence-corrected chi connectivity index (χ0v) is 15.8. The van der Waals surface area contributed by atoms with Crippen molar-refractivity contribution in [2.75, 3.05) is 37.7 Å². The van der Waals surface area contributed by atoms with E-state index in [0.717, 1.165) is 11.3 Å². The van der Waals surface area contributed by atoms with E-state index in [2.05, 4.69) is 4.90 Å². The van der Waals surface area contributed by atoms with Crippen molar-refractivity contribution in [2.24, 2.45) is 5.92 Å². The van der Waals surface area contributed by atoms with Crippen LogP contribution in [0.5, 0.6) is 0 Å². The Morgan fingerprint density at radius 3 is 2.39 bits per heavy atom. The van der Waals surface area contributed by atoms with Crippen LogP contribution in [0.25, 0.3) is 6.08 Å². The Kier molecular flexibility index (Phi) is 6.44. The Labute approximate surface area is 163 Å². The Bertz CT molecular complexity index is 733. The molecule has 1 amide bonds. The number of ketones is 1. The van der Waals surface area contributed by atoms with Gasteiger partial charge in [-0.15, -0.1) is 0 Å². The van der Waals surface area contributed by atoms with Gasteiger partial charge in [0, 0.05) is 50.6 Å². The molecular formula is C21H26F2N2O3. The number of aliphatic hydroxyl groups excluding tert-OH is 1. The fourth-order valence-electron chi connectivity index (χ4n) is 3.86. The average Bonchev–Trinajstić information content (AvgIpc) is 2.72. The van der Waals surface area contributed by atoms with Crippen LogP contribution in [-0.4, -0.2) is 60.4 Å². The summed E-state index contributed by atoms with van der Waals surface area (Å²) in [6, 6.07) is 7.66. The number of carbonyl (C=O) groups excluding carboxylic acids is 2. The van der Waals surface area contributed by atoms with Gasteiger partial charge >= 0.3 is 0 Å². The van der Waals surface area contributed by atoms with Gasteiger partial charge in [0.25, 0.3) is 0 Å². The molecule has 1 aliphatic carbocycles. The number of anilines is 1. The molecule has 0 bridgehead atoms. The molecule has 0 spiro atoms. The molecule has 1 aliphatic heterocycles. The summed E-state index contributed by atoms with van der Waals surface area (Å²) in [7, 11) is 0. The summed E-state index contributed by atoms with van der Waals surface area (Å²) >= 11 is 0. The van der Waals surface area contributed by atoms with Crippen LogP contribution in [0.15, 0.2) is 30.3 Å². The molecule has 0 radical (unpaired) electrons. The lowest BCUT2D eigenvalue weighted by Crippen LogP contribution is -2.51. The highest BCUT2D eigenvalue weighted by Crippen LogP contribution is 2.37. The Balaban J connectivity index is 1.59. The SMILES string of the molecule is O=C(/C=C/c1ccccc1N1CCN(C(=O)C2CCC(F)(F)CC2)CC1)CO. The third-order valence-corrected chi connectivity index (χ3v) is 5.54. The Morgan fingerprint density at radius 1 is 1.11 bits per heavy atom. The lowest BCUT2D eigenvalue weighted by molar-refractivity contribution is -0.140. The van der Waals surface area contributed by atoms with Crippen molar-refractivity contribution in [2.45, 2.75) is 31.6 Å². The van der Waals surface area contributed by atoms with E-state index in [-0.39, 0.29) is 43.3 Å². The summed E-state index contributed by atoms with van der Waals surface area (Å²) in [5.41, 5.74) is 1.84. The highest BCUT2D eigenvalue weighted by Gasteiger charge is 2.39. The number of carbonyl (C=O) groups is 2. The topological polar surface area (TPSA) is 60.9 Å². The molecule has 28 heavy (non-hydrogen) atoms. The van der Waals surface area contributed by atoms with E-state index in [4.69, 9.17) is 5.11 Å². The maximum absolute atomic E-state index is 13.3. The van der Waals surface area contributed by atoms with Gasteiger partial charge in [-0.25, -0.2) is 8.78 Å². The van der Waals surface area contributed by atoms with Crippen molar-refractivity contribution in [3.8, 4) is 0 Å². The van der Waals surface area contributed by atoms with Gasteiger partial charge < -0.3 is 14.9 Å². The fourth-order valence-corrected chi connectivity index (χ4v) is 3.86. The Morgan fingerprint density at radius 2 is 1.75 bits per heavy atom. The van der Waals surface area contributed by atoms with E-state index in [9.17, 15) is 18.4 Å². The minimum atomic E-state index is -2.62. The molecule has 5 nitrogen and oxygen atoms in total. The molecule has 1 N–H and O–H groups in total. The lowest BCUT2D eigenvalue weighted by atomic mass is 9.86. The summed E-state index contributed by atoms with van der Waals surface area (Å²) < 4.78 is 26.6. The maximum atomic E-state index is 13.3. The molecule has 2 aliphatic rings. The summed E-state index contributed by atoms with van der Waals surface area (Å²) in [5.74, 6) is -3.27. The minimum Gasteiger partial charge on any atom is -0.388 e. The molecule has 3 rings (SSSR count). The van der Waals surface area contributed by atoms with E-state index in [1.54, 1.807) is 11.0 Å². The monoisotopic (exact) mass is 392 g/mol. The fraction of sp³-hybridized carbons (Fsp3) is 0.524.